The molecule has 0 aliphatic carbocycles. The summed E-state index contributed by atoms with van der Waals surface area (Å²) in [6.45, 7) is 14.2. The molecule has 0 saturated heterocycles. The number of aliphatic hydroxyl groups excluding tert-OH is 1. The third-order valence-electron chi connectivity index (χ3n) is 18.5. The monoisotopic (exact) mass is 1410 g/mol. The smallest absolute Gasteiger partial charge is 0.462 e. The number of carbonyl (C=O) groups excluding carboxylic acids is 4. The second kappa shape index (κ2) is 66.3. The summed E-state index contributed by atoms with van der Waals surface area (Å²) in [5, 5.41) is 10.6. The Morgan fingerprint density at radius 3 is 0.740 bits per heavy atom. The number of hydrogen-bond donors (Lipinski definition) is 3. The van der Waals surface area contributed by atoms with Crippen molar-refractivity contribution in [2.75, 3.05) is 39.6 Å². The van der Waals surface area contributed by atoms with Gasteiger partial charge in [-0.3, -0.25) is 37.3 Å². The van der Waals surface area contributed by atoms with Crippen LogP contribution in [0.2, 0.25) is 0 Å². The van der Waals surface area contributed by atoms with Gasteiger partial charge in [0.2, 0.25) is 0 Å². The Bertz CT molecular complexity index is 1890. The summed E-state index contributed by atoms with van der Waals surface area (Å²) < 4.78 is 68.6. The van der Waals surface area contributed by atoms with E-state index in [1.807, 2.05) is 0 Å². The Hall–Kier alpha value is -1.94. The molecule has 7 atom stereocenters. The van der Waals surface area contributed by atoms with Gasteiger partial charge in [0.25, 0.3) is 0 Å². The van der Waals surface area contributed by atoms with Crippen LogP contribution in [0.4, 0.5) is 0 Å². The SMILES string of the molecule is CCC(C)CCCCCCCCCCCCC(=O)OC[C@H](COP(=O)(O)OC[C@@H](O)COP(=O)(O)OC[C@@H](COC(=O)CCCCCCCCC(C)CC)OC(=O)CCCCCCCCCCCCCCCCCC(C)C)OC(=O)CCCCCCCCCCCCCC(C)C. The zero-order chi connectivity index (χ0) is 71.0. The number of ether oxygens (including phenoxy) is 4. The van der Waals surface area contributed by atoms with Crippen molar-refractivity contribution < 1.29 is 80.2 Å². The van der Waals surface area contributed by atoms with E-state index >= 15 is 0 Å². The molecule has 3 N–H and O–H groups in total. The van der Waals surface area contributed by atoms with Crippen LogP contribution in [0.3, 0.4) is 0 Å². The average Bonchev–Trinajstić information content (AvgIpc) is 1.19. The summed E-state index contributed by atoms with van der Waals surface area (Å²) in [6.07, 6.45) is 51.2. The van der Waals surface area contributed by atoms with Crippen LogP contribution in [0, 0.1) is 23.7 Å². The van der Waals surface area contributed by atoms with Crippen LogP contribution in [0.15, 0.2) is 0 Å². The van der Waals surface area contributed by atoms with Gasteiger partial charge in [0.05, 0.1) is 26.4 Å². The first kappa shape index (κ1) is 94.1. The van der Waals surface area contributed by atoms with Gasteiger partial charge in [-0.1, -0.05) is 338 Å². The van der Waals surface area contributed by atoms with Gasteiger partial charge in [0.15, 0.2) is 12.2 Å². The van der Waals surface area contributed by atoms with E-state index in [-0.39, 0.29) is 25.7 Å². The zero-order valence-electron chi connectivity index (χ0n) is 63.0. The maximum absolute atomic E-state index is 13.1. The molecule has 0 aliphatic heterocycles. The molecule has 0 rings (SSSR count). The summed E-state index contributed by atoms with van der Waals surface area (Å²) in [6, 6.07) is 0. The molecule has 0 aromatic heterocycles. The summed E-state index contributed by atoms with van der Waals surface area (Å²) >= 11 is 0. The highest BCUT2D eigenvalue weighted by Crippen LogP contribution is 2.45. The lowest BCUT2D eigenvalue weighted by molar-refractivity contribution is -0.161. The molecule has 0 spiro atoms. The van der Waals surface area contributed by atoms with Crippen molar-refractivity contribution in [3.63, 3.8) is 0 Å². The number of unbranched alkanes of at least 4 members (excludes halogenated alkanes) is 38. The first-order valence-corrected chi connectivity index (χ1v) is 42.8. The summed E-state index contributed by atoms with van der Waals surface area (Å²) in [5.74, 6) is 0.988. The van der Waals surface area contributed by atoms with Gasteiger partial charge >= 0.3 is 39.5 Å². The van der Waals surface area contributed by atoms with Crippen molar-refractivity contribution in [2.45, 2.75) is 408 Å². The van der Waals surface area contributed by atoms with Gasteiger partial charge in [0, 0.05) is 25.7 Å². The first-order valence-electron chi connectivity index (χ1n) is 39.8. The van der Waals surface area contributed by atoms with Crippen LogP contribution in [-0.2, 0) is 65.4 Å². The normalized spacial score (nSPS) is 14.7. The maximum Gasteiger partial charge on any atom is 0.472 e. The quantitative estimate of drug-likeness (QED) is 0.0222. The van der Waals surface area contributed by atoms with Gasteiger partial charge in [-0.15, -0.1) is 0 Å². The number of aliphatic hydroxyl groups is 1. The van der Waals surface area contributed by atoms with Crippen LogP contribution >= 0.6 is 15.6 Å². The van der Waals surface area contributed by atoms with Crippen molar-refractivity contribution in [2.24, 2.45) is 23.7 Å². The molecule has 0 amide bonds. The molecule has 17 nitrogen and oxygen atoms in total. The number of phosphoric acid groups is 2. The first-order chi connectivity index (χ1) is 46.2. The molecule has 0 saturated carbocycles. The van der Waals surface area contributed by atoms with Crippen LogP contribution in [-0.4, -0.2) is 96.7 Å². The minimum atomic E-state index is -4.96. The highest BCUT2D eigenvalue weighted by atomic mass is 31.2. The van der Waals surface area contributed by atoms with E-state index in [0.717, 1.165) is 120 Å². The van der Waals surface area contributed by atoms with Gasteiger partial charge in [-0.25, -0.2) is 9.13 Å². The molecule has 0 radical (unpaired) electrons. The zero-order valence-corrected chi connectivity index (χ0v) is 64.8. The summed E-state index contributed by atoms with van der Waals surface area (Å²) in [5.41, 5.74) is 0. The molecule has 4 unspecified atom stereocenters. The Morgan fingerprint density at radius 2 is 0.500 bits per heavy atom. The highest BCUT2D eigenvalue weighted by Gasteiger charge is 2.30. The largest absolute Gasteiger partial charge is 0.472 e. The molecular weight excluding hydrogens is 1260 g/mol. The predicted molar refractivity (Wildman–Crippen MR) is 391 cm³/mol. The molecule has 0 heterocycles. The van der Waals surface area contributed by atoms with E-state index in [1.165, 1.54) is 186 Å². The second-order valence-corrected chi connectivity index (χ2v) is 32.1. The number of carbonyl (C=O) groups is 4. The molecule has 0 aliphatic rings. The third kappa shape index (κ3) is 67.9. The second-order valence-electron chi connectivity index (χ2n) is 29.2. The Labute approximate surface area is 588 Å². The number of phosphoric ester groups is 2. The van der Waals surface area contributed by atoms with Gasteiger partial charge < -0.3 is 33.8 Å². The predicted octanol–water partition coefficient (Wildman–Crippen LogP) is 22.4. The maximum atomic E-state index is 13.1. The Balaban J connectivity index is 5.25. The van der Waals surface area contributed by atoms with E-state index in [4.69, 9.17) is 37.0 Å². The minimum absolute atomic E-state index is 0.106. The fourth-order valence-electron chi connectivity index (χ4n) is 11.7. The summed E-state index contributed by atoms with van der Waals surface area (Å²) in [4.78, 5) is 72.9. The highest BCUT2D eigenvalue weighted by molar-refractivity contribution is 7.47. The van der Waals surface area contributed by atoms with Crippen molar-refractivity contribution in [3.05, 3.63) is 0 Å². The number of esters is 4. The van der Waals surface area contributed by atoms with Gasteiger partial charge in [0.1, 0.15) is 19.3 Å². The van der Waals surface area contributed by atoms with Gasteiger partial charge in [-0.2, -0.15) is 0 Å². The summed E-state index contributed by atoms with van der Waals surface area (Å²) in [7, 11) is -9.92. The van der Waals surface area contributed by atoms with Crippen molar-refractivity contribution in [1.82, 2.24) is 0 Å². The van der Waals surface area contributed by atoms with E-state index in [2.05, 4.69) is 55.4 Å². The van der Waals surface area contributed by atoms with E-state index in [1.54, 1.807) is 0 Å². The van der Waals surface area contributed by atoms with Crippen molar-refractivity contribution in [3.8, 4) is 0 Å². The lowest BCUT2D eigenvalue weighted by atomic mass is 9.99. The standard InChI is InChI=1S/C77H150O17P2/c1-9-69(7)55-47-39-31-25-21-22-26-32-41-49-57-74(79)87-63-72(93-77(82)60-52-44-34-28-20-16-18-24-30-38-46-54-68(5)6)65-91-95(83,84)89-61-71(78)62-90-96(85,86)92-66-73(64-88-75(80)58-50-42-36-35-40-48-56-70(8)10-2)94-76(81)59-51-43-33-27-19-15-13-11-12-14-17-23-29-37-45-53-67(3)4/h67-73,78H,9-66H2,1-8H3,(H,83,84)(H,85,86)/t69?,70?,71-,72-,73-/m1/s1. The van der Waals surface area contributed by atoms with Crippen molar-refractivity contribution in [1.29, 1.82) is 0 Å². The average molecular weight is 1410 g/mol. The van der Waals surface area contributed by atoms with Gasteiger partial charge in [-0.05, 0) is 49.4 Å². The molecular formula is C77H150O17P2. The molecule has 0 aromatic rings. The van der Waals surface area contributed by atoms with Crippen molar-refractivity contribution >= 4 is 39.5 Å². The third-order valence-corrected chi connectivity index (χ3v) is 20.4. The molecule has 96 heavy (non-hydrogen) atoms. The molecule has 0 fully saturated rings. The lowest BCUT2D eigenvalue weighted by Gasteiger charge is -2.21. The number of rotatable bonds is 74. The van der Waals surface area contributed by atoms with E-state index in [0.29, 0.717) is 25.7 Å². The lowest BCUT2D eigenvalue weighted by Crippen LogP contribution is -2.30. The van der Waals surface area contributed by atoms with Crippen LogP contribution in [0.5, 0.6) is 0 Å². The molecule has 0 aromatic carbocycles. The van der Waals surface area contributed by atoms with E-state index < -0.39 is 97.5 Å². The fraction of sp³-hybridized carbons (Fsp3) is 0.948. The van der Waals surface area contributed by atoms with Crippen LogP contribution < -0.4 is 0 Å². The molecule has 570 valence electrons. The fourth-order valence-corrected chi connectivity index (χ4v) is 13.2. The number of hydrogen-bond acceptors (Lipinski definition) is 15. The molecule has 19 heteroatoms. The van der Waals surface area contributed by atoms with Crippen LogP contribution in [0.25, 0.3) is 0 Å². The Morgan fingerprint density at radius 1 is 0.292 bits per heavy atom. The topological polar surface area (TPSA) is 237 Å². The molecule has 0 bridgehead atoms. The Kier molecular flexibility index (Phi) is 65.0. The van der Waals surface area contributed by atoms with Crippen LogP contribution in [0.1, 0.15) is 389 Å². The minimum Gasteiger partial charge on any atom is -0.462 e. The van der Waals surface area contributed by atoms with E-state index in [9.17, 15) is 43.2 Å².